The number of rotatable bonds is 5. The SMILES string of the molecule is CC[C@H](NC(=O)Nc1nc(-c2ccccc2)ns1)C1CCOCC1. The minimum absolute atomic E-state index is 0.162. The first kappa shape index (κ1) is 16.9. The van der Waals surface area contributed by atoms with Gasteiger partial charge in [-0.3, -0.25) is 5.32 Å². The monoisotopic (exact) mass is 346 g/mol. The van der Waals surface area contributed by atoms with Gasteiger partial charge in [0.05, 0.1) is 0 Å². The van der Waals surface area contributed by atoms with Crippen LogP contribution in [-0.4, -0.2) is 34.6 Å². The third-order valence-electron chi connectivity index (χ3n) is 4.27. The summed E-state index contributed by atoms with van der Waals surface area (Å²) in [5, 5.41) is 6.37. The van der Waals surface area contributed by atoms with E-state index in [-0.39, 0.29) is 12.1 Å². The fourth-order valence-corrected chi connectivity index (χ4v) is 3.54. The molecular weight excluding hydrogens is 324 g/mol. The first-order valence-electron chi connectivity index (χ1n) is 8.30. The van der Waals surface area contributed by atoms with Crippen LogP contribution in [0.3, 0.4) is 0 Å². The molecule has 0 bridgehead atoms. The lowest BCUT2D eigenvalue weighted by molar-refractivity contribution is 0.0547. The number of carbonyl (C=O) groups is 1. The maximum atomic E-state index is 12.3. The maximum Gasteiger partial charge on any atom is 0.321 e. The molecule has 0 radical (unpaired) electrons. The molecule has 0 aliphatic carbocycles. The van der Waals surface area contributed by atoms with E-state index in [1.165, 1.54) is 11.5 Å². The molecule has 24 heavy (non-hydrogen) atoms. The molecule has 1 aromatic heterocycles. The van der Waals surface area contributed by atoms with Crippen LogP contribution in [0.4, 0.5) is 9.93 Å². The number of urea groups is 1. The second kappa shape index (κ2) is 8.21. The molecule has 7 heteroatoms. The van der Waals surface area contributed by atoms with Crippen LogP contribution in [0.2, 0.25) is 0 Å². The Morgan fingerprint density at radius 2 is 2.08 bits per heavy atom. The van der Waals surface area contributed by atoms with E-state index in [9.17, 15) is 4.79 Å². The highest BCUT2D eigenvalue weighted by Crippen LogP contribution is 2.22. The second-order valence-corrected chi connectivity index (χ2v) is 6.60. The van der Waals surface area contributed by atoms with Crippen LogP contribution in [0.15, 0.2) is 30.3 Å². The van der Waals surface area contributed by atoms with Crippen LogP contribution in [0.5, 0.6) is 0 Å². The first-order valence-corrected chi connectivity index (χ1v) is 9.08. The lowest BCUT2D eigenvalue weighted by Crippen LogP contribution is -2.43. The van der Waals surface area contributed by atoms with Crippen LogP contribution >= 0.6 is 11.5 Å². The highest BCUT2D eigenvalue weighted by atomic mass is 32.1. The standard InChI is InChI=1S/C17H22N4O2S/c1-2-14(12-8-10-23-11-9-12)18-16(22)20-17-19-15(21-24-17)13-6-4-3-5-7-13/h3-7,12,14H,2,8-11H2,1H3,(H2,18,19,20,21,22)/t14-/m0/s1. The van der Waals surface area contributed by atoms with Crippen molar-refractivity contribution >= 4 is 22.7 Å². The zero-order valence-corrected chi connectivity index (χ0v) is 14.5. The summed E-state index contributed by atoms with van der Waals surface area (Å²) in [5.74, 6) is 1.11. The Morgan fingerprint density at radius 3 is 2.79 bits per heavy atom. The number of aromatic nitrogens is 2. The highest BCUT2D eigenvalue weighted by molar-refractivity contribution is 7.10. The van der Waals surface area contributed by atoms with Crippen LogP contribution in [0.1, 0.15) is 26.2 Å². The quantitative estimate of drug-likeness (QED) is 0.868. The average Bonchev–Trinajstić information content (AvgIpc) is 3.09. The summed E-state index contributed by atoms with van der Waals surface area (Å²) in [5.41, 5.74) is 0.941. The summed E-state index contributed by atoms with van der Waals surface area (Å²) < 4.78 is 9.70. The molecule has 2 heterocycles. The van der Waals surface area contributed by atoms with Crippen molar-refractivity contribution in [2.24, 2.45) is 5.92 Å². The normalized spacial score (nSPS) is 16.5. The molecule has 128 valence electrons. The fourth-order valence-electron chi connectivity index (χ4n) is 2.95. The number of amides is 2. The minimum Gasteiger partial charge on any atom is -0.381 e. The van der Waals surface area contributed by atoms with Gasteiger partial charge in [-0.15, -0.1) is 0 Å². The zero-order valence-electron chi connectivity index (χ0n) is 13.7. The van der Waals surface area contributed by atoms with E-state index >= 15 is 0 Å². The molecule has 1 aromatic carbocycles. The van der Waals surface area contributed by atoms with Gasteiger partial charge < -0.3 is 10.1 Å². The summed E-state index contributed by atoms with van der Waals surface area (Å²) in [4.78, 5) is 16.6. The maximum absolute atomic E-state index is 12.3. The largest absolute Gasteiger partial charge is 0.381 e. The Morgan fingerprint density at radius 1 is 1.33 bits per heavy atom. The van der Waals surface area contributed by atoms with E-state index in [0.29, 0.717) is 16.9 Å². The number of hydrogen-bond acceptors (Lipinski definition) is 5. The van der Waals surface area contributed by atoms with E-state index < -0.39 is 0 Å². The fraction of sp³-hybridized carbons (Fsp3) is 0.471. The molecule has 1 aliphatic rings. The smallest absolute Gasteiger partial charge is 0.321 e. The number of carbonyl (C=O) groups excluding carboxylic acids is 1. The number of nitrogens with one attached hydrogen (secondary N) is 2. The Kier molecular flexibility index (Phi) is 5.77. The Balaban J connectivity index is 1.57. The van der Waals surface area contributed by atoms with E-state index in [1.54, 1.807) is 0 Å². The number of benzene rings is 1. The summed E-state index contributed by atoms with van der Waals surface area (Å²) in [6.45, 7) is 3.65. The van der Waals surface area contributed by atoms with Crippen molar-refractivity contribution in [3.63, 3.8) is 0 Å². The molecule has 2 N–H and O–H groups in total. The minimum atomic E-state index is -0.218. The van der Waals surface area contributed by atoms with Crippen molar-refractivity contribution in [3.8, 4) is 11.4 Å². The van der Waals surface area contributed by atoms with Crippen molar-refractivity contribution in [2.45, 2.75) is 32.2 Å². The van der Waals surface area contributed by atoms with Crippen molar-refractivity contribution in [3.05, 3.63) is 30.3 Å². The molecule has 3 rings (SSSR count). The topological polar surface area (TPSA) is 76.1 Å². The molecule has 6 nitrogen and oxygen atoms in total. The van der Waals surface area contributed by atoms with Gasteiger partial charge in [-0.1, -0.05) is 37.3 Å². The average molecular weight is 346 g/mol. The molecule has 1 saturated heterocycles. The summed E-state index contributed by atoms with van der Waals surface area (Å²) >= 11 is 1.19. The molecule has 1 atom stereocenters. The number of anilines is 1. The van der Waals surface area contributed by atoms with Gasteiger partial charge in [0.2, 0.25) is 5.13 Å². The van der Waals surface area contributed by atoms with Gasteiger partial charge >= 0.3 is 6.03 Å². The van der Waals surface area contributed by atoms with Gasteiger partial charge in [0, 0.05) is 36.4 Å². The van der Waals surface area contributed by atoms with E-state index in [0.717, 1.165) is 38.0 Å². The molecule has 0 saturated carbocycles. The second-order valence-electron chi connectivity index (χ2n) is 5.85. The lowest BCUT2D eigenvalue weighted by Gasteiger charge is -2.30. The van der Waals surface area contributed by atoms with E-state index in [1.807, 2.05) is 30.3 Å². The van der Waals surface area contributed by atoms with Crippen LogP contribution in [-0.2, 0) is 4.74 Å². The van der Waals surface area contributed by atoms with Gasteiger partial charge in [0.25, 0.3) is 0 Å². The molecule has 0 spiro atoms. The van der Waals surface area contributed by atoms with Crippen LogP contribution < -0.4 is 10.6 Å². The van der Waals surface area contributed by atoms with Crippen molar-refractivity contribution in [1.29, 1.82) is 0 Å². The van der Waals surface area contributed by atoms with Gasteiger partial charge in [0.1, 0.15) is 0 Å². The van der Waals surface area contributed by atoms with E-state index in [4.69, 9.17) is 4.74 Å². The third-order valence-corrected chi connectivity index (χ3v) is 4.90. The summed E-state index contributed by atoms with van der Waals surface area (Å²) in [6, 6.07) is 9.67. The first-order chi connectivity index (χ1) is 11.8. The van der Waals surface area contributed by atoms with Crippen molar-refractivity contribution in [2.75, 3.05) is 18.5 Å². The summed E-state index contributed by atoms with van der Waals surface area (Å²) in [6.07, 6.45) is 2.90. The van der Waals surface area contributed by atoms with Crippen LogP contribution in [0.25, 0.3) is 11.4 Å². The Bertz CT molecular complexity index is 656. The highest BCUT2D eigenvalue weighted by Gasteiger charge is 2.24. The van der Waals surface area contributed by atoms with Crippen LogP contribution in [0, 0.1) is 5.92 Å². The van der Waals surface area contributed by atoms with Gasteiger partial charge in [0.15, 0.2) is 5.82 Å². The number of hydrogen-bond donors (Lipinski definition) is 2. The zero-order chi connectivity index (χ0) is 16.8. The van der Waals surface area contributed by atoms with E-state index in [2.05, 4.69) is 26.9 Å². The molecule has 1 fully saturated rings. The van der Waals surface area contributed by atoms with Gasteiger partial charge in [-0.2, -0.15) is 9.36 Å². The summed E-state index contributed by atoms with van der Waals surface area (Å²) in [7, 11) is 0. The Hall–Kier alpha value is -1.99. The molecule has 1 aliphatic heterocycles. The third kappa shape index (κ3) is 4.30. The van der Waals surface area contributed by atoms with Crippen molar-refractivity contribution in [1.82, 2.24) is 14.7 Å². The van der Waals surface area contributed by atoms with Gasteiger partial charge in [-0.25, -0.2) is 4.79 Å². The van der Waals surface area contributed by atoms with Gasteiger partial charge in [-0.05, 0) is 25.2 Å². The van der Waals surface area contributed by atoms with Crippen molar-refractivity contribution < 1.29 is 9.53 Å². The Labute approximate surface area is 145 Å². The molecular formula is C17H22N4O2S. The molecule has 2 aromatic rings. The number of nitrogens with zero attached hydrogens (tertiary/aromatic N) is 2. The predicted molar refractivity (Wildman–Crippen MR) is 95.1 cm³/mol. The predicted octanol–water partition coefficient (Wildman–Crippen LogP) is 3.53. The lowest BCUT2D eigenvalue weighted by atomic mass is 9.90. The molecule has 0 unspecified atom stereocenters. The molecule has 2 amide bonds. The number of ether oxygens (including phenoxy) is 1.